The molecule has 0 spiro atoms. The smallest absolute Gasteiger partial charge is 0.404 e. The number of rotatable bonds is 3. The van der Waals surface area contributed by atoms with E-state index in [1.165, 1.54) is 0 Å². The van der Waals surface area contributed by atoms with Crippen molar-refractivity contribution in [1.82, 2.24) is 10.3 Å². The van der Waals surface area contributed by atoms with E-state index in [0.29, 0.717) is 6.04 Å². The van der Waals surface area contributed by atoms with Crippen molar-refractivity contribution in [3.63, 3.8) is 0 Å². The SMILES string of the molecule is O=C(O)NC1CCC(Nc2ccccn2)CC1. The summed E-state index contributed by atoms with van der Waals surface area (Å²) >= 11 is 0. The molecule has 1 saturated carbocycles. The Labute approximate surface area is 100 Å². The van der Waals surface area contributed by atoms with Gasteiger partial charge in [0.2, 0.25) is 0 Å². The van der Waals surface area contributed by atoms with Gasteiger partial charge in [-0.05, 0) is 37.8 Å². The van der Waals surface area contributed by atoms with Crippen LogP contribution in [-0.2, 0) is 0 Å². The first-order chi connectivity index (χ1) is 8.24. The summed E-state index contributed by atoms with van der Waals surface area (Å²) in [5.74, 6) is 0.891. The molecule has 0 unspecified atom stereocenters. The van der Waals surface area contributed by atoms with Crippen LogP contribution in [-0.4, -0.2) is 28.3 Å². The monoisotopic (exact) mass is 235 g/mol. The summed E-state index contributed by atoms with van der Waals surface area (Å²) in [6.45, 7) is 0. The molecule has 5 nitrogen and oxygen atoms in total. The van der Waals surface area contributed by atoms with Crippen LogP contribution in [0, 0.1) is 0 Å². The lowest BCUT2D eigenvalue weighted by atomic mass is 9.91. The summed E-state index contributed by atoms with van der Waals surface area (Å²) in [7, 11) is 0. The highest BCUT2D eigenvalue weighted by atomic mass is 16.4. The number of carboxylic acid groups (broad SMARTS) is 1. The Morgan fingerprint density at radius 3 is 2.53 bits per heavy atom. The summed E-state index contributed by atoms with van der Waals surface area (Å²) in [6, 6.07) is 6.29. The van der Waals surface area contributed by atoms with Gasteiger partial charge in [0.25, 0.3) is 0 Å². The molecule has 0 radical (unpaired) electrons. The number of aromatic nitrogens is 1. The molecule has 1 heterocycles. The molecule has 5 heteroatoms. The average Bonchev–Trinajstić information content (AvgIpc) is 2.32. The molecule has 92 valence electrons. The number of nitrogens with one attached hydrogen (secondary N) is 2. The van der Waals surface area contributed by atoms with Gasteiger partial charge in [0.1, 0.15) is 5.82 Å². The highest BCUT2D eigenvalue weighted by Gasteiger charge is 2.22. The molecule has 1 aromatic rings. The minimum absolute atomic E-state index is 0.106. The first-order valence-corrected chi connectivity index (χ1v) is 5.91. The predicted molar refractivity (Wildman–Crippen MR) is 65.1 cm³/mol. The lowest BCUT2D eigenvalue weighted by Crippen LogP contribution is -2.39. The van der Waals surface area contributed by atoms with Crippen LogP contribution in [0.15, 0.2) is 24.4 Å². The van der Waals surface area contributed by atoms with E-state index in [-0.39, 0.29) is 6.04 Å². The second-order valence-electron chi connectivity index (χ2n) is 4.36. The van der Waals surface area contributed by atoms with Crippen LogP contribution < -0.4 is 10.6 Å². The molecule has 0 bridgehead atoms. The number of amides is 1. The van der Waals surface area contributed by atoms with Crippen LogP contribution >= 0.6 is 0 Å². The number of anilines is 1. The third-order valence-electron chi connectivity index (χ3n) is 3.07. The van der Waals surface area contributed by atoms with E-state index in [2.05, 4.69) is 15.6 Å². The largest absolute Gasteiger partial charge is 0.465 e. The van der Waals surface area contributed by atoms with Gasteiger partial charge in [0.15, 0.2) is 0 Å². The first kappa shape index (κ1) is 11.7. The zero-order valence-corrected chi connectivity index (χ0v) is 9.60. The van der Waals surface area contributed by atoms with Crippen molar-refractivity contribution in [2.24, 2.45) is 0 Å². The van der Waals surface area contributed by atoms with Gasteiger partial charge in [0.05, 0.1) is 0 Å². The van der Waals surface area contributed by atoms with Crippen molar-refractivity contribution in [3.05, 3.63) is 24.4 Å². The Morgan fingerprint density at radius 1 is 1.24 bits per heavy atom. The quantitative estimate of drug-likeness (QED) is 0.749. The van der Waals surface area contributed by atoms with E-state index in [1.807, 2.05) is 18.2 Å². The number of hydrogen-bond acceptors (Lipinski definition) is 3. The van der Waals surface area contributed by atoms with Crippen molar-refractivity contribution in [1.29, 1.82) is 0 Å². The van der Waals surface area contributed by atoms with Gasteiger partial charge >= 0.3 is 6.09 Å². The van der Waals surface area contributed by atoms with Crippen molar-refractivity contribution in [2.75, 3.05) is 5.32 Å². The molecule has 1 amide bonds. The Morgan fingerprint density at radius 2 is 1.94 bits per heavy atom. The topological polar surface area (TPSA) is 74.2 Å². The second-order valence-corrected chi connectivity index (χ2v) is 4.36. The summed E-state index contributed by atoms with van der Waals surface area (Å²) in [6.07, 6.45) is 4.56. The molecule has 1 fully saturated rings. The fourth-order valence-electron chi connectivity index (χ4n) is 2.21. The second kappa shape index (κ2) is 5.52. The van der Waals surface area contributed by atoms with Crippen molar-refractivity contribution >= 4 is 11.9 Å². The van der Waals surface area contributed by atoms with Crippen molar-refractivity contribution < 1.29 is 9.90 Å². The maximum absolute atomic E-state index is 10.5. The summed E-state index contributed by atoms with van der Waals surface area (Å²) < 4.78 is 0. The Bertz CT molecular complexity index is 361. The molecule has 0 atom stereocenters. The fourth-order valence-corrected chi connectivity index (χ4v) is 2.21. The molecule has 1 aliphatic rings. The Kier molecular flexibility index (Phi) is 3.80. The lowest BCUT2D eigenvalue weighted by Gasteiger charge is -2.29. The third-order valence-corrected chi connectivity index (χ3v) is 3.07. The van der Waals surface area contributed by atoms with Gasteiger partial charge in [-0.1, -0.05) is 6.07 Å². The molecule has 17 heavy (non-hydrogen) atoms. The van der Waals surface area contributed by atoms with Crippen LogP contribution in [0.5, 0.6) is 0 Å². The summed E-state index contributed by atoms with van der Waals surface area (Å²) in [4.78, 5) is 14.7. The first-order valence-electron chi connectivity index (χ1n) is 5.91. The van der Waals surface area contributed by atoms with E-state index in [4.69, 9.17) is 5.11 Å². The molecule has 0 aromatic carbocycles. The van der Waals surface area contributed by atoms with Gasteiger partial charge in [-0.25, -0.2) is 9.78 Å². The van der Waals surface area contributed by atoms with E-state index >= 15 is 0 Å². The van der Waals surface area contributed by atoms with Crippen molar-refractivity contribution in [3.8, 4) is 0 Å². The van der Waals surface area contributed by atoms with E-state index in [9.17, 15) is 4.79 Å². The standard InChI is InChI=1S/C12H17N3O2/c16-12(17)15-10-6-4-9(5-7-10)14-11-3-1-2-8-13-11/h1-3,8-10,15H,4-7H2,(H,13,14)(H,16,17). The maximum Gasteiger partial charge on any atom is 0.404 e. The van der Waals surface area contributed by atoms with Gasteiger partial charge in [-0.2, -0.15) is 0 Å². The van der Waals surface area contributed by atoms with Gasteiger partial charge in [-0.15, -0.1) is 0 Å². The van der Waals surface area contributed by atoms with Gasteiger partial charge in [0, 0.05) is 18.3 Å². The minimum Gasteiger partial charge on any atom is -0.465 e. The number of hydrogen-bond donors (Lipinski definition) is 3. The molecule has 0 saturated heterocycles. The molecule has 0 aliphatic heterocycles. The summed E-state index contributed by atoms with van der Waals surface area (Å²) in [5.41, 5.74) is 0. The molecule has 2 rings (SSSR count). The van der Waals surface area contributed by atoms with Crippen LogP contribution in [0.3, 0.4) is 0 Å². The van der Waals surface area contributed by atoms with Crippen LogP contribution in [0.25, 0.3) is 0 Å². The highest BCUT2D eigenvalue weighted by Crippen LogP contribution is 2.21. The van der Waals surface area contributed by atoms with E-state index in [1.54, 1.807) is 6.20 Å². The summed E-state index contributed by atoms with van der Waals surface area (Å²) in [5, 5.41) is 14.5. The fraction of sp³-hybridized carbons (Fsp3) is 0.500. The molecule has 1 aromatic heterocycles. The Hall–Kier alpha value is -1.78. The number of nitrogens with zero attached hydrogens (tertiary/aromatic N) is 1. The molecule has 1 aliphatic carbocycles. The highest BCUT2D eigenvalue weighted by molar-refractivity contribution is 5.64. The van der Waals surface area contributed by atoms with Crippen LogP contribution in [0.1, 0.15) is 25.7 Å². The number of carbonyl (C=O) groups is 1. The normalized spacial score (nSPS) is 24.0. The third kappa shape index (κ3) is 3.62. The zero-order valence-electron chi connectivity index (χ0n) is 9.60. The van der Waals surface area contributed by atoms with Crippen LogP contribution in [0.4, 0.5) is 10.6 Å². The van der Waals surface area contributed by atoms with Crippen molar-refractivity contribution in [2.45, 2.75) is 37.8 Å². The zero-order chi connectivity index (χ0) is 12.1. The average molecular weight is 235 g/mol. The maximum atomic E-state index is 10.5. The number of pyridine rings is 1. The van der Waals surface area contributed by atoms with E-state index < -0.39 is 6.09 Å². The van der Waals surface area contributed by atoms with Crippen LogP contribution in [0.2, 0.25) is 0 Å². The lowest BCUT2D eigenvalue weighted by molar-refractivity contribution is 0.185. The molecular weight excluding hydrogens is 218 g/mol. The van der Waals surface area contributed by atoms with Gasteiger partial charge < -0.3 is 15.7 Å². The van der Waals surface area contributed by atoms with E-state index in [0.717, 1.165) is 31.5 Å². The molecule has 3 N–H and O–H groups in total. The van der Waals surface area contributed by atoms with Gasteiger partial charge in [-0.3, -0.25) is 0 Å². The minimum atomic E-state index is -0.925. The predicted octanol–water partition coefficient (Wildman–Crippen LogP) is 2.07. The Balaban J connectivity index is 1.78. The molecular formula is C12H17N3O2.